The molecule has 40 heavy (non-hydrogen) atoms. The number of nitrogens with zero attached hydrogens (tertiary/aromatic N) is 6. The lowest BCUT2D eigenvalue weighted by atomic mass is 10.0. The number of amides is 3. The highest BCUT2D eigenvalue weighted by molar-refractivity contribution is 5.84. The second-order valence-corrected chi connectivity index (χ2v) is 11.1. The Balaban J connectivity index is 1.17. The number of ether oxygens (including phenoxy) is 1. The fraction of sp³-hybridized carbons (Fsp3) is 0.517. The van der Waals surface area contributed by atoms with Gasteiger partial charge in [-0.3, -0.25) is 9.69 Å². The van der Waals surface area contributed by atoms with E-state index < -0.39 is 0 Å². The normalized spacial score (nSPS) is 22.3. The average Bonchev–Trinajstić information content (AvgIpc) is 3.79. The maximum atomic E-state index is 13.8. The van der Waals surface area contributed by atoms with E-state index in [1.54, 1.807) is 12.4 Å². The molecule has 3 amide bonds. The number of likely N-dealkylation sites (tertiary alicyclic amines) is 2. The van der Waals surface area contributed by atoms with E-state index in [1.165, 1.54) is 0 Å². The molecule has 5 heterocycles. The zero-order chi connectivity index (χ0) is 27.6. The van der Waals surface area contributed by atoms with Crippen molar-refractivity contribution in [2.45, 2.75) is 43.8 Å². The molecule has 6 rings (SSSR count). The molecule has 3 fully saturated rings. The first-order chi connectivity index (χ1) is 19.5. The lowest BCUT2D eigenvalue weighted by Gasteiger charge is -2.33. The first kappa shape index (κ1) is 26.5. The van der Waals surface area contributed by atoms with Gasteiger partial charge in [0.1, 0.15) is 17.7 Å². The average molecular weight is 547 g/mol. The number of morpholine rings is 1. The fourth-order valence-electron chi connectivity index (χ4n) is 6.27. The van der Waals surface area contributed by atoms with Gasteiger partial charge in [-0.1, -0.05) is 30.3 Å². The summed E-state index contributed by atoms with van der Waals surface area (Å²) >= 11 is 0. The summed E-state index contributed by atoms with van der Waals surface area (Å²) in [6, 6.07) is 9.47. The van der Waals surface area contributed by atoms with E-state index in [-0.39, 0.29) is 30.1 Å². The van der Waals surface area contributed by atoms with Crippen molar-refractivity contribution in [1.29, 1.82) is 0 Å². The van der Waals surface area contributed by atoms with Crippen LogP contribution in [0.2, 0.25) is 0 Å². The van der Waals surface area contributed by atoms with E-state index in [2.05, 4.69) is 15.0 Å². The molecule has 0 radical (unpaired) electrons. The van der Waals surface area contributed by atoms with Crippen molar-refractivity contribution in [2.24, 2.45) is 0 Å². The molecule has 0 aliphatic carbocycles. The Bertz CT molecular complexity index is 1320. The van der Waals surface area contributed by atoms with Crippen LogP contribution in [0.1, 0.15) is 61.0 Å². The minimum Gasteiger partial charge on any atom is -0.378 e. The van der Waals surface area contributed by atoms with Gasteiger partial charge >= 0.3 is 6.03 Å². The molecule has 11 heteroatoms. The molecular formula is C29H38N8O3. The number of aromatic nitrogens is 4. The van der Waals surface area contributed by atoms with E-state index >= 15 is 0 Å². The van der Waals surface area contributed by atoms with Gasteiger partial charge in [-0.2, -0.15) is 0 Å². The lowest BCUT2D eigenvalue weighted by Crippen LogP contribution is -2.48. The topological polar surface area (TPSA) is 114 Å². The van der Waals surface area contributed by atoms with Crippen molar-refractivity contribution in [1.82, 2.24) is 39.5 Å². The SMILES string of the molecule is CN(C)C(C(=O)N1CCC[C@H]1c1ncc(-c2cnc([C@@H]3CCCN3C(=O)N3CCOCC3)[nH]2)[nH]1)c1ccccc1. The molecule has 2 aromatic heterocycles. The number of hydrogen-bond acceptors (Lipinski definition) is 6. The van der Waals surface area contributed by atoms with Crippen LogP contribution in [0.4, 0.5) is 4.79 Å². The van der Waals surface area contributed by atoms with Crippen LogP contribution < -0.4 is 0 Å². The van der Waals surface area contributed by atoms with E-state index in [1.807, 2.05) is 64.0 Å². The molecule has 1 unspecified atom stereocenters. The number of nitrogens with one attached hydrogen (secondary N) is 2. The lowest BCUT2D eigenvalue weighted by molar-refractivity contribution is -0.137. The maximum Gasteiger partial charge on any atom is 0.320 e. The molecule has 1 aromatic carbocycles. The Morgan fingerprint density at radius 2 is 1.45 bits per heavy atom. The number of aromatic amines is 2. The van der Waals surface area contributed by atoms with Crippen molar-refractivity contribution in [3.63, 3.8) is 0 Å². The molecule has 2 N–H and O–H groups in total. The number of rotatable bonds is 6. The van der Waals surface area contributed by atoms with Crippen LogP contribution in [-0.2, 0) is 9.53 Å². The first-order valence-electron chi connectivity index (χ1n) is 14.3. The number of likely N-dealkylation sites (N-methyl/N-ethyl adjacent to an activating group) is 1. The summed E-state index contributed by atoms with van der Waals surface area (Å²) in [5.74, 6) is 1.67. The molecule has 0 saturated carbocycles. The van der Waals surface area contributed by atoms with Gasteiger partial charge in [-0.05, 0) is 45.3 Å². The predicted octanol–water partition coefficient (Wildman–Crippen LogP) is 3.36. The highest BCUT2D eigenvalue weighted by atomic mass is 16.5. The van der Waals surface area contributed by atoms with E-state index in [4.69, 9.17) is 9.72 Å². The number of benzene rings is 1. The van der Waals surface area contributed by atoms with E-state index in [9.17, 15) is 9.59 Å². The Labute approximate surface area is 234 Å². The highest BCUT2D eigenvalue weighted by Gasteiger charge is 2.38. The van der Waals surface area contributed by atoms with Gasteiger partial charge in [-0.15, -0.1) is 0 Å². The van der Waals surface area contributed by atoms with Crippen molar-refractivity contribution in [2.75, 3.05) is 53.5 Å². The number of imidazole rings is 2. The van der Waals surface area contributed by atoms with Crippen LogP contribution in [0.25, 0.3) is 11.4 Å². The number of urea groups is 1. The molecule has 3 atom stereocenters. The molecule has 3 aliphatic rings. The summed E-state index contributed by atoms with van der Waals surface area (Å²) in [6.07, 6.45) is 7.24. The maximum absolute atomic E-state index is 13.8. The Kier molecular flexibility index (Phi) is 7.57. The van der Waals surface area contributed by atoms with Crippen LogP contribution >= 0.6 is 0 Å². The van der Waals surface area contributed by atoms with E-state index in [0.717, 1.165) is 60.8 Å². The standard InChI is InChI=1S/C29H38N8O3/c1-34(2)25(20-8-4-3-5-9-20)28(38)36-12-6-10-23(36)26-30-18-21(32-26)22-19-31-27(33-22)24-11-7-13-37(24)29(39)35-14-16-40-17-15-35/h3-5,8-9,18-19,23-25H,6-7,10-17H2,1-2H3,(H,30,32)(H,31,33)/t23-,24-,25?/m0/s1. The van der Waals surface area contributed by atoms with Gasteiger partial charge in [0.2, 0.25) is 5.91 Å². The third-order valence-corrected chi connectivity index (χ3v) is 8.29. The Hall–Kier alpha value is -3.70. The number of hydrogen-bond donors (Lipinski definition) is 2. The fourth-order valence-corrected chi connectivity index (χ4v) is 6.27. The van der Waals surface area contributed by atoms with Crippen LogP contribution in [0.5, 0.6) is 0 Å². The Morgan fingerprint density at radius 1 is 0.875 bits per heavy atom. The van der Waals surface area contributed by atoms with Crippen molar-refractivity contribution in [3.8, 4) is 11.4 Å². The van der Waals surface area contributed by atoms with Crippen LogP contribution in [0, 0.1) is 0 Å². The van der Waals surface area contributed by atoms with Crippen molar-refractivity contribution >= 4 is 11.9 Å². The zero-order valence-electron chi connectivity index (χ0n) is 23.3. The summed E-state index contributed by atoms with van der Waals surface area (Å²) in [7, 11) is 3.89. The second kappa shape index (κ2) is 11.4. The monoisotopic (exact) mass is 546 g/mol. The largest absolute Gasteiger partial charge is 0.378 e. The van der Waals surface area contributed by atoms with Gasteiger partial charge in [0.25, 0.3) is 0 Å². The van der Waals surface area contributed by atoms with Crippen LogP contribution in [0.15, 0.2) is 42.7 Å². The first-order valence-corrected chi connectivity index (χ1v) is 14.3. The zero-order valence-corrected chi connectivity index (χ0v) is 23.3. The predicted molar refractivity (Wildman–Crippen MR) is 149 cm³/mol. The number of H-pyrrole nitrogens is 2. The van der Waals surface area contributed by atoms with Gasteiger partial charge in [-0.25, -0.2) is 14.8 Å². The molecule has 3 saturated heterocycles. The van der Waals surface area contributed by atoms with Crippen molar-refractivity contribution < 1.29 is 14.3 Å². The molecule has 0 spiro atoms. The molecule has 212 valence electrons. The smallest absolute Gasteiger partial charge is 0.320 e. The van der Waals surface area contributed by atoms with Gasteiger partial charge in [0, 0.05) is 26.2 Å². The van der Waals surface area contributed by atoms with Gasteiger partial charge < -0.3 is 29.4 Å². The molecule has 3 aliphatic heterocycles. The Morgan fingerprint density at radius 3 is 2.05 bits per heavy atom. The highest BCUT2D eigenvalue weighted by Crippen LogP contribution is 2.36. The third-order valence-electron chi connectivity index (χ3n) is 8.29. The van der Waals surface area contributed by atoms with Crippen LogP contribution in [0.3, 0.4) is 0 Å². The summed E-state index contributed by atoms with van der Waals surface area (Å²) < 4.78 is 5.41. The second-order valence-electron chi connectivity index (χ2n) is 11.1. The molecule has 0 bridgehead atoms. The van der Waals surface area contributed by atoms with Crippen LogP contribution in [-0.4, -0.2) is 105 Å². The molecule has 3 aromatic rings. The van der Waals surface area contributed by atoms with Crippen molar-refractivity contribution in [3.05, 3.63) is 59.9 Å². The third kappa shape index (κ3) is 5.11. The van der Waals surface area contributed by atoms with Gasteiger partial charge in [0.15, 0.2) is 0 Å². The van der Waals surface area contributed by atoms with Gasteiger partial charge in [0.05, 0.1) is 49.1 Å². The molecular weight excluding hydrogens is 508 g/mol. The molecule has 11 nitrogen and oxygen atoms in total. The summed E-state index contributed by atoms with van der Waals surface area (Å²) in [5, 5.41) is 0. The minimum atomic E-state index is -0.346. The summed E-state index contributed by atoms with van der Waals surface area (Å²) in [4.78, 5) is 51.0. The number of carbonyl (C=O) groups is 2. The summed E-state index contributed by atoms with van der Waals surface area (Å²) in [6.45, 7) is 3.87. The number of carbonyl (C=O) groups excluding carboxylic acids is 2. The minimum absolute atomic E-state index is 0.0603. The van der Waals surface area contributed by atoms with E-state index in [0.29, 0.717) is 32.8 Å². The quantitative estimate of drug-likeness (QED) is 0.490. The summed E-state index contributed by atoms with van der Waals surface area (Å²) in [5.41, 5.74) is 2.64.